The molecule has 2 rings (SSSR count). The minimum atomic E-state index is -3.55. The van der Waals surface area contributed by atoms with Crippen molar-refractivity contribution < 1.29 is 31.5 Å². The normalized spacial score (nSPS) is 13.2. The summed E-state index contributed by atoms with van der Waals surface area (Å²) < 4.78 is 60.3. The molecule has 0 aliphatic heterocycles. The Morgan fingerprint density at radius 2 is 1.47 bits per heavy atom. The van der Waals surface area contributed by atoms with Gasteiger partial charge in [0.05, 0.1) is 43.7 Å². The Labute approximate surface area is 191 Å². The molecule has 0 aliphatic carbocycles. The maximum atomic E-state index is 12.9. The summed E-state index contributed by atoms with van der Waals surface area (Å²) >= 11 is 0. The van der Waals surface area contributed by atoms with Crippen molar-refractivity contribution in [2.24, 2.45) is 5.92 Å². The minimum absolute atomic E-state index is 0.0457. The van der Waals surface area contributed by atoms with E-state index < -0.39 is 23.4 Å². The van der Waals surface area contributed by atoms with Crippen molar-refractivity contribution in [3.05, 3.63) is 65.7 Å². The number of rotatable bonds is 15. The van der Waals surface area contributed by atoms with E-state index in [1.54, 1.807) is 38.1 Å². The summed E-state index contributed by atoms with van der Waals surface area (Å²) in [4.78, 5) is 0.255. The van der Waals surface area contributed by atoms with E-state index in [-0.39, 0.29) is 43.4 Å². The number of hydrogen-bond acceptors (Lipinski definition) is 7. The highest BCUT2D eigenvalue weighted by atomic mass is 32.2. The summed E-state index contributed by atoms with van der Waals surface area (Å²) in [5, 5.41) is 0. The van der Waals surface area contributed by atoms with Crippen molar-refractivity contribution in [3.63, 3.8) is 0 Å². The first-order valence-electron chi connectivity index (χ1n) is 10.6. The molecule has 0 saturated carbocycles. The highest BCUT2D eigenvalue weighted by molar-refractivity contribution is 7.91. The fraction of sp³-hybridized carbons (Fsp3) is 0.478. The maximum absolute atomic E-state index is 12.9. The van der Waals surface area contributed by atoms with Crippen molar-refractivity contribution in [2.75, 3.05) is 38.5 Å². The van der Waals surface area contributed by atoms with Crippen LogP contribution in [0.25, 0.3) is 0 Å². The second kappa shape index (κ2) is 13.2. The van der Waals surface area contributed by atoms with Crippen molar-refractivity contribution in [1.29, 1.82) is 0 Å². The van der Waals surface area contributed by atoms with Crippen LogP contribution in [0, 0.1) is 12.8 Å². The Morgan fingerprint density at radius 1 is 0.875 bits per heavy atom. The molecule has 0 amide bonds. The van der Waals surface area contributed by atoms with E-state index in [0.29, 0.717) is 6.61 Å². The molecule has 0 fully saturated rings. The minimum Gasteiger partial charge on any atom is -0.376 e. The molecule has 9 heteroatoms. The van der Waals surface area contributed by atoms with Crippen LogP contribution in [0.5, 0.6) is 0 Å². The lowest BCUT2D eigenvalue weighted by atomic mass is 10.2. The van der Waals surface area contributed by atoms with Crippen LogP contribution in [0.2, 0.25) is 0 Å². The molecule has 0 aromatic heterocycles. The second-order valence-electron chi connectivity index (χ2n) is 7.41. The van der Waals surface area contributed by atoms with Crippen molar-refractivity contribution >= 4 is 17.4 Å². The van der Waals surface area contributed by atoms with E-state index >= 15 is 0 Å². The van der Waals surface area contributed by atoms with Gasteiger partial charge in [0.2, 0.25) is 0 Å². The van der Waals surface area contributed by atoms with Gasteiger partial charge in [-0.1, -0.05) is 48.0 Å². The van der Waals surface area contributed by atoms with Gasteiger partial charge in [0.15, 0.2) is 9.84 Å². The molecule has 1 atom stereocenters. The van der Waals surface area contributed by atoms with Gasteiger partial charge in [-0.05, 0) is 38.5 Å². The van der Waals surface area contributed by atoms with E-state index in [0.717, 1.165) is 11.1 Å². The van der Waals surface area contributed by atoms with Crippen molar-refractivity contribution in [3.8, 4) is 0 Å². The Morgan fingerprint density at radius 3 is 2.06 bits per heavy atom. The van der Waals surface area contributed by atoms with Crippen LogP contribution in [-0.4, -0.2) is 46.9 Å². The Bertz CT molecular complexity index is 936. The molecule has 178 valence electrons. The highest BCUT2D eigenvalue weighted by Gasteiger charge is 2.26. The van der Waals surface area contributed by atoms with Crippen molar-refractivity contribution in [1.82, 2.24) is 0 Å². The molecule has 0 N–H and O–H groups in total. The molecule has 2 aromatic rings. The molecule has 0 radical (unpaired) electrons. The van der Waals surface area contributed by atoms with E-state index in [4.69, 9.17) is 18.5 Å². The summed E-state index contributed by atoms with van der Waals surface area (Å²) in [7, 11) is -6.93. The number of hydrogen-bond donors (Lipinski definition) is 0. The van der Waals surface area contributed by atoms with E-state index in [9.17, 15) is 13.0 Å². The third kappa shape index (κ3) is 9.14. The lowest BCUT2D eigenvalue weighted by Gasteiger charge is -2.20. The lowest BCUT2D eigenvalue weighted by molar-refractivity contribution is 0.0464. The number of sulfone groups is 1. The average molecular weight is 485 g/mol. The van der Waals surface area contributed by atoms with Gasteiger partial charge in [0.25, 0.3) is 0 Å². The van der Waals surface area contributed by atoms with Gasteiger partial charge in [0.1, 0.15) is 6.35 Å². The van der Waals surface area contributed by atoms with Crippen LogP contribution < -0.4 is 0 Å². The predicted molar refractivity (Wildman–Crippen MR) is 124 cm³/mol. The SMILES string of the molecule is CCOP(=O)(COCC(COCc1ccccc1)CS(=O)(=O)c1ccc(C)cc1)OCC. The molecule has 0 heterocycles. The van der Waals surface area contributed by atoms with Crippen LogP contribution in [0.4, 0.5) is 0 Å². The lowest BCUT2D eigenvalue weighted by Crippen LogP contribution is -2.26. The van der Waals surface area contributed by atoms with Gasteiger partial charge < -0.3 is 18.5 Å². The summed E-state index contributed by atoms with van der Waals surface area (Å²) in [5.74, 6) is -0.611. The quantitative estimate of drug-likeness (QED) is 0.334. The maximum Gasteiger partial charge on any atom is 0.356 e. The van der Waals surface area contributed by atoms with Gasteiger partial charge in [-0.2, -0.15) is 0 Å². The summed E-state index contributed by atoms with van der Waals surface area (Å²) in [5.41, 5.74) is 1.98. The van der Waals surface area contributed by atoms with Crippen LogP contribution in [-0.2, 0) is 39.5 Å². The molecular formula is C23H33O7PS. The topological polar surface area (TPSA) is 88.1 Å². The molecule has 0 saturated heterocycles. The van der Waals surface area contributed by atoms with Crippen LogP contribution in [0.1, 0.15) is 25.0 Å². The number of ether oxygens (including phenoxy) is 2. The number of benzene rings is 2. The van der Waals surface area contributed by atoms with Crippen LogP contribution in [0.15, 0.2) is 59.5 Å². The van der Waals surface area contributed by atoms with Gasteiger partial charge >= 0.3 is 7.60 Å². The molecule has 0 spiro atoms. The van der Waals surface area contributed by atoms with E-state index in [1.165, 1.54) is 0 Å². The number of aryl methyl sites for hydroxylation is 1. The molecule has 2 aromatic carbocycles. The Kier molecular flexibility index (Phi) is 11.0. The summed E-state index contributed by atoms with van der Waals surface area (Å²) in [6, 6.07) is 16.4. The smallest absolute Gasteiger partial charge is 0.356 e. The third-order valence-corrected chi connectivity index (χ3v) is 8.26. The fourth-order valence-electron chi connectivity index (χ4n) is 3.05. The van der Waals surface area contributed by atoms with Crippen LogP contribution in [0.3, 0.4) is 0 Å². The average Bonchev–Trinajstić information content (AvgIpc) is 2.75. The first kappa shape index (κ1) is 26.7. The highest BCUT2D eigenvalue weighted by Crippen LogP contribution is 2.47. The zero-order valence-corrected chi connectivity index (χ0v) is 20.6. The van der Waals surface area contributed by atoms with E-state index in [2.05, 4.69) is 0 Å². The summed E-state index contributed by atoms with van der Waals surface area (Å²) in [6.45, 7) is 6.38. The van der Waals surface area contributed by atoms with E-state index in [1.807, 2.05) is 37.3 Å². The molecule has 0 bridgehead atoms. The first-order chi connectivity index (χ1) is 15.3. The fourth-order valence-corrected chi connectivity index (χ4v) is 5.95. The Hall–Kier alpha value is -1.54. The molecule has 32 heavy (non-hydrogen) atoms. The first-order valence-corrected chi connectivity index (χ1v) is 14.0. The monoisotopic (exact) mass is 484 g/mol. The van der Waals surface area contributed by atoms with Gasteiger partial charge in [0, 0.05) is 5.92 Å². The molecule has 0 aliphatic rings. The largest absolute Gasteiger partial charge is 0.376 e. The predicted octanol–water partition coefficient (Wildman–Crippen LogP) is 4.84. The third-order valence-electron chi connectivity index (χ3n) is 4.55. The van der Waals surface area contributed by atoms with Gasteiger partial charge in [-0.25, -0.2) is 8.42 Å². The summed E-state index contributed by atoms with van der Waals surface area (Å²) in [6.07, 6.45) is -0.242. The Balaban J connectivity index is 2.04. The molecular weight excluding hydrogens is 451 g/mol. The standard InChI is InChI=1S/C23H33O7PS/c1-4-29-31(24,30-5-2)19-28-17-22(16-27-15-21-9-7-6-8-10-21)18-32(25,26)23-13-11-20(3)12-14-23/h6-14,22H,4-5,15-19H2,1-3H3. The zero-order chi connectivity index (χ0) is 23.5. The zero-order valence-electron chi connectivity index (χ0n) is 18.9. The van der Waals surface area contributed by atoms with Crippen molar-refractivity contribution in [2.45, 2.75) is 32.3 Å². The molecule has 7 nitrogen and oxygen atoms in total. The van der Waals surface area contributed by atoms with Gasteiger partial charge in [-0.3, -0.25) is 4.57 Å². The van der Waals surface area contributed by atoms with Gasteiger partial charge in [-0.15, -0.1) is 0 Å². The molecule has 1 unspecified atom stereocenters. The second-order valence-corrected chi connectivity index (χ2v) is 11.4. The van der Waals surface area contributed by atoms with Crippen LogP contribution >= 0.6 is 7.60 Å².